The van der Waals surface area contributed by atoms with Gasteiger partial charge in [-0.15, -0.1) is 0 Å². The van der Waals surface area contributed by atoms with Crippen LogP contribution in [-0.2, 0) is 11.2 Å². The lowest BCUT2D eigenvalue weighted by atomic mass is 10.0. The highest BCUT2D eigenvalue weighted by Crippen LogP contribution is 2.26. The van der Waals surface area contributed by atoms with E-state index in [9.17, 15) is 9.59 Å². The Balaban J connectivity index is 1.93. The van der Waals surface area contributed by atoms with Gasteiger partial charge < -0.3 is 10.2 Å². The SMILES string of the molecule is CCc1ccc(-c2nn(-c3ccccc3C)cc2C(=O)N(C)CCCNC(C)=O)cc1. The molecule has 0 aliphatic heterocycles. The van der Waals surface area contributed by atoms with E-state index >= 15 is 0 Å². The first-order chi connectivity index (χ1) is 14.9. The molecule has 0 radical (unpaired) electrons. The highest BCUT2D eigenvalue weighted by molar-refractivity contribution is 5.99. The summed E-state index contributed by atoms with van der Waals surface area (Å²) in [6.45, 7) is 6.73. The van der Waals surface area contributed by atoms with Crippen molar-refractivity contribution in [3.8, 4) is 16.9 Å². The molecule has 0 saturated heterocycles. The van der Waals surface area contributed by atoms with Crippen molar-refractivity contribution in [3.05, 3.63) is 71.4 Å². The van der Waals surface area contributed by atoms with Crippen molar-refractivity contribution in [1.29, 1.82) is 0 Å². The molecule has 1 aromatic heterocycles. The van der Waals surface area contributed by atoms with E-state index in [2.05, 4.69) is 24.4 Å². The predicted octanol–water partition coefficient (Wildman–Crippen LogP) is 4.01. The van der Waals surface area contributed by atoms with Gasteiger partial charge >= 0.3 is 0 Å². The molecule has 6 nitrogen and oxygen atoms in total. The lowest BCUT2D eigenvalue weighted by Crippen LogP contribution is -2.31. The molecule has 2 aromatic carbocycles. The minimum atomic E-state index is -0.0859. The van der Waals surface area contributed by atoms with Crippen molar-refractivity contribution in [2.75, 3.05) is 20.1 Å². The molecular formula is C25H30N4O2. The Kier molecular flexibility index (Phi) is 7.23. The summed E-state index contributed by atoms with van der Waals surface area (Å²) in [6, 6.07) is 16.2. The zero-order chi connectivity index (χ0) is 22.4. The van der Waals surface area contributed by atoms with Crippen LogP contribution in [0.2, 0.25) is 0 Å². The molecule has 3 aromatic rings. The second kappa shape index (κ2) is 10.1. The fraction of sp³-hybridized carbons (Fsp3) is 0.320. The lowest BCUT2D eigenvalue weighted by Gasteiger charge is -2.17. The molecule has 3 rings (SSSR count). The summed E-state index contributed by atoms with van der Waals surface area (Å²) >= 11 is 0. The molecule has 0 atom stereocenters. The molecule has 0 aliphatic rings. The van der Waals surface area contributed by atoms with Gasteiger partial charge in [-0.1, -0.05) is 49.4 Å². The van der Waals surface area contributed by atoms with Crippen molar-refractivity contribution in [2.45, 2.75) is 33.6 Å². The summed E-state index contributed by atoms with van der Waals surface area (Å²) < 4.78 is 1.79. The van der Waals surface area contributed by atoms with E-state index < -0.39 is 0 Å². The molecule has 0 unspecified atom stereocenters. The molecule has 2 amide bonds. The van der Waals surface area contributed by atoms with E-state index in [1.54, 1.807) is 16.6 Å². The number of carbonyl (C=O) groups is 2. The Morgan fingerprint density at radius 3 is 2.45 bits per heavy atom. The fourth-order valence-electron chi connectivity index (χ4n) is 3.47. The van der Waals surface area contributed by atoms with Crippen LogP contribution < -0.4 is 5.32 Å². The van der Waals surface area contributed by atoms with Gasteiger partial charge in [0.2, 0.25) is 5.91 Å². The first kappa shape index (κ1) is 22.3. The number of nitrogens with zero attached hydrogens (tertiary/aromatic N) is 3. The van der Waals surface area contributed by atoms with Gasteiger partial charge in [0.1, 0.15) is 5.69 Å². The van der Waals surface area contributed by atoms with Crippen LogP contribution in [0, 0.1) is 6.92 Å². The van der Waals surface area contributed by atoms with E-state index in [1.807, 2.05) is 49.5 Å². The van der Waals surface area contributed by atoms with Crippen LogP contribution in [0.3, 0.4) is 0 Å². The van der Waals surface area contributed by atoms with Crippen molar-refractivity contribution in [1.82, 2.24) is 20.0 Å². The van der Waals surface area contributed by atoms with Crippen LogP contribution in [-0.4, -0.2) is 46.6 Å². The van der Waals surface area contributed by atoms with Crippen LogP contribution in [0.25, 0.3) is 16.9 Å². The van der Waals surface area contributed by atoms with Crippen molar-refractivity contribution < 1.29 is 9.59 Å². The fourth-order valence-corrected chi connectivity index (χ4v) is 3.47. The van der Waals surface area contributed by atoms with Crippen LogP contribution in [0.5, 0.6) is 0 Å². The van der Waals surface area contributed by atoms with E-state index in [-0.39, 0.29) is 11.8 Å². The number of hydrogen-bond donors (Lipinski definition) is 1. The van der Waals surface area contributed by atoms with Gasteiger partial charge in [0, 0.05) is 38.8 Å². The minimum absolute atomic E-state index is 0.0636. The summed E-state index contributed by atoms with van der Waals surface area (Å²) in [5.74, 6) is -0.150. The standard InChI is InChI=1S/C25H30N4O2/c1-5-20-11-13-21(14-12-20)24-22(25(31)28(4)16-8-15-26-19(3)30)17-29(27-24)23-10-7-6-9-18(23)2/h6-7,9-14,17H,5,8,15-16H2,1-4H3,(H,26,30). The number of benzene rings is 2. The van der Waals surface area contributed by atoms with Gasteiger partial charge in [0.25, 0.3) is 5.91 Å². The number of hydrogen-bond acceptors (Lipinski definition) is 3. The van der Waals surface area contributed by atoms with Gasteiger partial charge in [-0.2, -0.15) is 5.10 Å². The number of carbonyl (C=O) groups excluding carboxylic acids is 2. The number of amides is 2. The zero-order valence-electron chi connectivity index (χ0n) is 18.7. The van der Waals surface area contributed by atoms with Crippen molar-refractivity contribution in [2.24, 2.45) is 0 Å². The molecule has 6 heteroatoms. The maximum absolute atomic E-state index is 13.3. The quantitative estimate of drug-likeness (QED) is 0.562. The van der Waals surface area contributed by atoms with Gasteiger partial charge in [-0.25, -0.2) is 4.68 Å². The second-order valence-electron chi connectivity index (χ2n) is 7.74. The summed E-state index contributed by atoms with van der Waals surface area (Å²) in [4.78, 5) is 26.0. The number of nitrogens with one attached hydrogen (secondary N) is 1. The van der Waals surface area contributed by atoms with Crippen LogP contribution in [0.1, 0.15) is 41.8 Å². The first-order valence-corrected chi connectivity index (χ1v) is 10.7. The van der Waals surface area contributed by atoms with E-state index in [4.69, 9.17) is 5.10 Å². The highest BCUT2D eigenvalue weighted by Gasteiger charge is 2.22. The Hall–Kier alpha value is -3.41. The smallest absolute Gasteiger partial charge is 0.257 e. The molecule has 1 N–H and O–H groups in total. The second-order valence-corrected chi connectivity index (χ2v) is 7.74. The Morgan fingerprint density at radius 1 is 1.10 bits per heavy atom. The topological polar surface area (TPSA) is 67.2 Å². The van der Waals surface area contributed by atoms with Gasteiger partial charge in [0.15, 0.2) is 0 Å². The first-order valence-electron chi connectivity index (χ1n) is 10.7. The molecule has 1 heterocycles. The summed E-state index contributed by atoms with van der Waals surface area (Å²) in [5, 5.41) is 7.57. The maximum atomic E-state index is 13.3. The predicted molar refractivity (Wildman–Crippen MR) is 123 cm³/mol. The molecule has 0 spiro atoms. The lowest BCUT2D eigenvalue weighted by molar-refractivity contribution is -0.118. The van der Waals surface area contributed by atoms with Crippen LogP contribution >= 0.6 is 0 Å². The minimum Gasteiger partial charge on any atom is -0.356 e. The van der Waals surface area contributed by atoms with E-state index in [1.165, 1.54) is 12.5 Å². The van der Waals surface area contributed by atoms with Gasteiger partial charge in [-0.3, -0.25) is 9.59 Å². The Bertz CT molecular complexity index is 1050. The number of para-hydroxylation sites is 1. The van der Waals surface area contributed by atoms with E-state index in [0.29, 0.717) is 30.8 Å². The molecule has 0 fully saturated rings. The number of aryl methyl sites for hydroxylation is 2. The molecule has 0 bridgehead atoms. The maximum Gasteiger partial charge on any atom is 0.257 e. The number of rotatable bonds is 8. The molecule has 0 saturated carbocycles. The third kappa shape index (κ3) is 5.40. The summed E-state index contributed by atoms with van der Waals surface area (Å²) in [7, 11) is 1.78. The average Bonchev–Trinajstić information content (AvgIpc) is 3.21. The molecule has 31 heavy (non-hydrogen) atoms. The number of aromatic nitrogens is 2. The summed E-state index contributed by atoms with van der Waals surface area (Å²) in [5.41, 5.74) is 5.42. The largest absolute Gasteiger partial charge is 0.356 e. The van der Waals surface area contributed by atoms with Crippen LogP contribution in [0.4, 0.5) is 0 Å². The Labute approximate surface area is 183 Å². The van der Waals surface area contributed by atoms with Crippen LogP contribution in [0.15, 0.2) is 54.7 Å². The third-order valence-electron chi connectivity index (χ3n) is 5.33. The monoisotopic (exact) mass is 418 g/mol. The summed E-state index contributed by atoms with van der Waals surface area (Å²) in [6.07, 6.45) is 3.47. The van der Waals surface area contributed by atoms with E-state index in [0.717, 1.165) is 23.2 Å². The highest BCUT2D eigenvalue weighted by atomic mass is 16.2. The van der Waals surface area contributed by atoms with Gasteiger partial charge in [0.05, 0.1) is 11.3 Å². The normalized spacial score (nSPS) is 10.7. The van der Waals surface area contributed by atoms with Crippen molar-refractivity contribution in [3.63, 3.8) is 0 Å². The molecular weight excluding hydrogens is 388 g/mol. The molecule has 162 valence electrons. The van der Waals surface area contributed by atoms with Crippen molar-refractivity contribution >= 4 is 11.8 Å². The molecule has 0 aliphatic carbocycles. The average molecular weight is 419 g/mol. The zero-order valence-corrected chi connectivity index (χ0v) is 18.7. The van der Waals surface area contributed by atoms with Gasteiger partial charge in [-0.05, 0) is 37.0 Å². The Morgan fingerprint density at radius 2 is 1.81 bits per heavy atom. The third-order valence-corrected chi connectivity index (χ3v) is 5.33.